The van der Waals surface area contributed by atoms with Crippen LogP contribution in [0.15, 0.2) is 18.2 Å². The van der Waals surface area contributed by atoms with Crippen LogP contribution in [-0.4, -0.2) is 70.6 Å². The van der Waals surface area contributed by atoms with Gasteiger partial charge in [0, 0.05) is 26.2 Å². The molecule has 4 N–H and O–H groups in total. The quantitative estimate of drug-likeness (QED) is 0.569. The SMILES string of the molecule is CCN(C)C(=O)[C@H](O)C#Cc1ccc2c(c1)-c1nc(C(N)=O)c(C(=O)NC)n1CCO2. The third kappa shape index (κ3) is 4.22. The Labute approximate surface area is 179 Å². The molecular formula is C21H23N5O5. The van der Waals surface area contributed by atoms with E-state index >= 15 is 0 Å². The predicted octanol–water partition coefficient (Wildman–Crippen LogP) is -0.408. The highest BCUT2D eigenvalue weighted by Crippen LogP contribution is 2.34. The second-order valence-electron chi connectivity index (χ2n) is 6.81. The van der Waals surface area contributed by atoms with Crippen LogP contribution in [0.5, 0.6) is 5.75 Å². The van der Waals surface area contributed by atoms with Crippen LogP contribution >= 0.6 is 0 Å². The van der Waals surface area contributed by atoms with E-state index in [1.54, 1.807) is 36.7 Å². The van der Waals surface area contributed by atoms with Crippen LogP contribution in [0, 0.1) is 11.8 Å². The number of aromatic nitrogens is 2. The Bertz CT molecular complexity index is 1110. The number of nitrogens with two attached hydrogens (primary N) is 1. The van der Waals surface area contributed by atoms with E-state index in [1.165, 1.54) is 11.9 Å². The van der Waals surface area contributed by atoms with E-state index in [4.69, 9.17) is 10.5 Å². The van der Waals surface area contributed by atoms with Gasteiger partial charge in [0.2, 0.25) is 0 Å². The smallest absolute Gasteiger partial charge is 0.270 e. The molecule has 1 aliphatic rings. The second-order valence-corrected chi connectivity index (χ2v) is 6.81. The van der Waals surface area contributed by atoms with Gasteiger partial charge in [0.15, 0.2) is 11.8 Å². The third-order valence-electron chi connectivity index (χ3n) is 4.87. The van der Waals surface area contributed by atoms with Crippen molar-refractivity contribution in [3.8, 4) is 29.0 Å². The lowest BCUT2D eigenvalue weighted by atomic mass is 10.1. The first-order valence-corrected chi connectivity index (χ1v) is 9.62. The van der Waals surface area contributed by atoms with E-state index in [1.807, 2.05) is 0 Å². The first kappa shape index (κ1) is 21.9. The average molecular weight is 425 g/mol. The maximum atomic E-state index is 12.4. The fraction of sp³-hybridized carbons (Fsp3) is 0.333. The van der Waals surface area contributed by atoms with Crippen molar-refractivity contribution in [2.75, 3.05) is 27.2 Å². The van der Waals surface area contributed by atoms with Crippen molar-refractivity contribution in [1.82, 2.24) is 19.8 Å². The number of aliphatic hydroxyl groups excluding tert-OH is 1. The van der Waals surface area contributed by atoms with Crippen molar-refractivity contribution in [3.05, 3.63) is 35.2 Å². The van der Waals surface area contributed by atoms with Gasteiger partial charge < -0.3 is 30.4 Å². The number of carbonyl (C=O) groups is 3. The Morgan fingerprint density at radius 1 is 1.42 bits per heavy atom. The van der Waals surface area contributed by atoms with Crippen LogP contribution in [0.2, 0.25) is 0 Å². The zero-order valence-electron chi connectivity index (χ0n) is 17.4. The van der Waals surface area contributed by atoms with E-state index in [2.05, 4.69) is 22.1 Å². The minimum Gasteiger partial charge on any atom is -0.491 e. The van der Waals surface area contributed by atoms with E-state index in [9.17, 15) is 19.5 Å². The minimum atomic E-state index is -1.46. The molecule has 0 saturated carbocycles. The molecular weight excluding hydrogens is 402 g/mol. The van der Waals surface area contributed by atoms with Crippen molar-refractivity contribution in [1.29, 1.82) is 0 Å². The number of ether oxygens (including phenoxy) is 1. The van der Waals surface area contributed by atoms with Crippen LogP contribution in [0.3, 0.4) is 0 Å². The molecule has 10 heteroatoms. The highest BCUT2D eigenvalue weighted by atomic mass is 16.5. The summed E-state index contributed by atoms with van der Waals surface area (Å²) in [6.07, 6.45) is -1.46. The maximum absolute atomic E-state index is 12.4. The second kappa shape index (κ2) is 8.89. The predicted molar refractivity (Wildman–Crippen MR) is 111 cm³/mol. The summed E-state index contributed by atoms with van der Waals surface area (Å²) in [4.78, 5) is 41.9. The van der Waals surface area contributed by atoms with Gasteiger partial charge in [0.25, 0.3) is 17.7 Å². The van der Waals surface area contributed by atoms with E-state index in [0.717, 1.165) is 0 Å². The summed E-state index contributed by atoms with van der Waals surface area (Å²) >= 11 is 0. The molecule has 1 aliphatic heterocycles. The normalized spacial score (nSPS) is 12.8. The van der Waals surface area contributed by atoms with Gasteiger partial charge in [-0.05, 0) is 25.1 Å². The molecule has 0 saturated heterocycles. The van der Waals surface area contributed by atoms with Gasteiger partial charge in [-0.15, -0.1) is 0 Å². The zero-order chi connectivity index (χ0) is 22.7. The van der Waals surface area contributed by atoms with Gasteiger partial charge in [0.05, 0.1) is 12.1 Å². The first-order valence-electron chi connectivity index (χ1n) is 9.62. The number of carbonyl (C=O) groups excluding carboxylic acids is 3. The molecule has 1 aromatic heterocycles. The largest absolute Gasteiger partial charge is 0.491 e. The van der Waals surface area contributed by atoms with Crippen LogP contribution in [-0.2, 0) is 11.3 Å². The number of primary amides is 1. The molecule has 3 amide bonds. The Morgan fingerprint density at radius 3 is 2.81 bits per heavy atom. The number of nitrogens with zero attached hydrogens (tertiary/aromatic N) is 3. The topological polar surface area (TPSA) is 140 Å². The summed E-state index contributed by atoms with van der Waals surface area (Å²) in [6.45, 7) is 2.77. The molecule has 10 nitrogen and oxygen atoms in total. The molecule has 0 radical (unpaired) electrons. The number of amides is 3. The molecule has 0 bridgehead atoms. The van der Waals surface area contributed by atoms with E-state index in [0.29, 0.717) is 29.2 Å². The molecule has 2 aromatic rings. The summed E-state index contributed by atoms with van der Waals surface area (Å²) < 4.78 is 7.34. The summed E-state index contributed by atoms with van der Waals surface area (Å²) in [6, 6.07) is 5.02. The molecule has 0 fully saturated rings. The van der Waals surface area contributed by atoms with Gasteiger partial charge >= 0.3 is 0 Å². The summed E-state index contributed by atoms with van der Waals surface area (Å²) in [5.74, 6) is 4.33. The highest BCUT2D eigenvalue weighted by Gasteiger charge is 2.29. The van der Waals surface area contributed by atoms with E-state index in [-0.39, 0.29) is 24.5 Å². The monoisotopic (exact) mass is 425 g/mol. The number of nitrogens with one attached hydrogen (secondary N) is 1. The van der Waals surface area contributed by atoms with Gasteiger partial charge in [-0.25, -0.2) is 4.98 Å². The molecule has 2 heterocycles. The molecule has 0 unspecified atom stereocenters. The van der Waals surface area contributed by atoms with Gasteiger partial charge in [-0.3, -0.25) is 14.4 Å². The standard InChI is InChI=1S/C21H23N5O5/c1-4-25(3)21(30)14(27)7-5-12-6-8-15-13(11-12)19-24-16(18(22)28)17(20(29)23-2)26(19)9-10-31-15/h6,8,11,14,27H,4,9-10H2,1-3H3,(H2,22,28)(H,23,29)/t14-/m1/s1. The molecule has 3 rings (SSSR count). The van der Waals surface area contributed by atoms with Crippen molar-refractivity contribution in [2.45, 2.75) is 19.6 Å². The zero-order valence-corrected chi connectivity index (χ0v) is 17.4. The number of aliphatic hydroxyl groups is 1. The molecule has 1 aromatic carbocycles. The Morgan fingerprint density at radius 2 is 2.16 bits per heavy atom. The summed E-state index contributed by atoms with van der Waals surface area (Å²) in [5.41, 5.74) is 6.36. The lowest BCUT2D eigenvalue weighted by Gasteiger charge is -2.15. The van der Waals surface area contributed by atoms with Crippen LogP contribution < -0.4 is 15.8 Å². The average Bonchev–Trinajstić information content (AvgIpc) is 3.06. The lowest BCUT2D eigenvalue weighted by molar-refractivity contribution is -0.135. The number of imidazole rings is 1. The molecule has 162 valence electrons. The number of benzene rings is 1. The number of hydrogen-bond donors (Lipinski definition) is 3. The van der Waals surface area contributed by atoms with Crippen LogP contribution in [0.4, 0.5) is 0 Å². The molecule has 0 aliphatic carbocycles. The van der Waals surface area contributed by atoms with Gasteiger partial charge in [-0.1, -0.05) is 11.8 Å². The summed E-state index contributed by atoms with van der Waals surface area (Å²) in [5, 5.41) is 12.5. The third-order valence-corrected chi connectivity index (χ3v) is 4.87. The van der Waals surface area contributed by atoms with Crippen molar-refractivity contribution >= 4 is 17.7 Å². The Balaban J connectivity index is 2.07. The Kier molecular flexibility index (Phi) is 6.27. The van der Waals surface area contributed by atoms with Gasteiger partial charge in [-0.2, -0.15) is 0 Å². The van der Waals surface area contributed by atoms with Crippen molar-refractivity contribution in [3.63, 3.8) is 0 Å². The van der Waals surface area contributed by atoms with E-state index < -0.39 is 23.8 Å². The van der Waals surface area contributed by atoms with Crippen LogP contribution in [0.25, 0.3) is 11.4 Å². The Hall–Kier alpha value is -3.84. The number of likely N-dealkylation sites (N-methyl/N-ethyl adjacent to an activating group) is 1. The summed E-state index contributed by atoms with van der Waals surface area (Å²) in [7, 11) is 3.03. The number of rotatable bonds is 4. The maximum Gasteiger partial charge on any atom is 0.270 e. The lowest BCUT2D eigenvalue weighted by Crippen LogP contribution is -2.35. The molecule has 1 atom stereocenters. The van der Waals surface area contributed by atoms with Crippen molar-refractivity contribution in [2.24, 2.45) is 5.73 Å². The van der Waals surface area contributed by atoms with Crippen molar-refractivity contribution < 1.29 is 24.2 Å². The highest BCUT2D eigenvalue weighted by molar-refractivity contribution is 6.05. The number of fused-ring (bicyclic) bond motifs is 3. The fourth-order valence-electron chi connectivity index (χ4n) is 3.13. The molecule has 0 spiro atoms. The van der Waals surface area contributed by atoms with Crippen LogP contribution in [0.1, 0.15) is 33.5 Å². The fourth-order valence-corrected chi connectivity index (χ4v) is 3.13. The minimum absolute atomic E-state index is 0.0570. The molecule has 31 heavy (non-hydrogen) atoms. The first-order chi connectivity index (χ1) is 14.8. The van der Waals surface area contributed by atoms with Gasteiger partial charge in [0.1, 0.15) is 23.9 Å². The number of hydrogen-bond acceptors (Lipinski definition) is 6.